The van der Waals surface area contributed by atoms with Gasteiger partial charge in [-0.05, 0) is 41.2 Å². The molecule has 0 saturated heterocycles. The number of ether oxygens (including phenoxy) is 1. The van der Waals surface area contributed by atoms with Crippen LogP contribution in [0.15, 0.2) is 42.5 Å². The molecule has 0 spiro atoms. The second kappa shape index (κ2) is 7.27. The van der Waals surface area contributed by atoms with Gasteiger partial charge in [-0.15, -0.1) is 0 Å². The lowest BCUT2D eigenvalue weighted by atomic mass is 9.86. The summed E-state index contributed by atoms with van der Waals surface area (Å²) in [4.78, 5) is 11.7. The maximum absolute atomic E-state index is 11.7. The molecular weight excluding hydrogens is 324 g/mol. The maximum Gasteiger partial charge on any atom is 0.345 e. The number of benzene rings is 2. The number of aliphatic carboxylic acids is 1. The van der Waals surface area contributed by atoms with Crippen molar-refractivity contribution in [1.82, 2.24) is 0 Å². The van der Waals surface area contributed by atoms with Gasteiger partial charge in [-0.25, -0.2) is 4.79 Å². The minimum absolute atomic E-state index is 0.132. The normalized spacial score (nSPS) is 12.7. The van der Waals surface area contributed by atoms with Crippen molar-refractivity contribution >= 4 is 17.6 Å². The van der Waals surface area contributed by atoms with Gasteiger partial charge in [0.05, 0.1) is 0 Å². The van der Waals surface area contributed by atoms with Crippen LogP contribution in [0, 0.1) is 6.92 Å². The second-order valence-corrected chi connectivity index (χ2v) is 7.39. The lowest BCUT2D eigenvalue weighted by Gasteiger charge is -2.25. The predicted molar refractivity (Wildman–Crippen MR) is 97.1 cm³/mol. The third-order valence-corrected chi connectivity index (χ3v) is 4.30. The summed E-state index contributed by atoms with van der Waals surface area (Å²) in [7, 11) is 0. The summed E-state index contributed by atoms with van der Waals surface area (Å²) in [5, 5.41) is 10.2. The van der Waals surface area contributed by atoms with Gasteiger partial charge in [0.15, 0.2) is 6.10 Å². The van der Waals surface area contributed by atoms with E-state index in [4.69, 9.17) is 16.3 Å². The van der Waals surface area contributed by atoms with Crippen LogP contribution in [0.3, 0.4) is 0 Å². The molecule has 3 nitrogen and oxygen atoms in total. The molecule has 0 unspecified atom stereocenters. The van der Waals surface area contributed by atoms with E-state index in [1.807, 2.05) is 43.3 Å². The summed E-state index contributed by atoms with van der Waals surface area (Å²) < 4.78 is 5.86. The van der Waals surface area contributed by atoms with Crippen LogP contribution in [0.5, 0.6) is 5.75 Å². The Balaban J connectivity index is 2.27. The van der Waals surface area contributed by atoms with Gasteiger partial charge < -0.3 is 9.84 Å². The van der Waals surface area contributed by atoms with Gasteiger partial charge in [0.1, 0.15) is 5.75 Å². The SMILES string of the molecule is Cc1ccc(C[C@H](Oc2ccccc2C(C)(C)C)C(=O)O)cc1Cl. The molecule has 1 atom stereocenters. The standard InChI is InChI=1S/C20H23ClO3/c1-13-9-10-14(11-16(13)21)12-18(19(22)23)24-17-8-6-5-7-15(17)20(2,3)4/h5-11,18H,12H2,1-4H3,(H,22,23)/t18-/m0/s1. The fourth-order valence-corrected chi connectivity index (χ4v) is 2.70. The van der Waals surface area contributed by atoms with Crippen LogP contribution in [-0.2, 0) is 16.6 Å². The molecule has 0 saturated carbocycles. The third kappa shape index (κ3) is 4.51. The summed E-state index contributed by atoms with van der Waals surface area (Å²) in [5.74, 6) is -0.383. The summed E-state index contributed by atoms with van der Waals surface area (Å²) in [6, 6.07) is 13.1. The number of rotatable bonds is 5. The first kappa shape index (κ1) is 18.3. The molecule has 0 amide bonds. The second-order valence-electron chi connectivity index (χ2n) is 6.98. The lowest BCUT2D eigenvalue weighted by Crippen LogP contribution is -2.30. The van der Waals surface area contributed by atoms with Gasteiger partial charge in [-0.2, -0.15) is 0 Å². The number of halogens is 1. The van der Waals surface area contributed by atoms with Crippen molar-refractivity contribution in [3.8, 4) is 5.75 Å². The van der Waals surface area contributed by atoms with Gasteiger partial charge in [-0.3, -0.25) is 0 Å². The summed E-state index contributed by atoms with van der Waals surface area (Å²) in [5.41, 5.74) is 2.66. The number of hydrogen-bond acceptors (Lipinski definition) is 2. The van der Waals surface area contributed by atoms with Crippen LogP contribution < -0.4 is 4.74 Å². The highest BCUT2D eigenvalue weighted by molar-refractivity contribution is 6.31. The van der Waals surface area contributed by atoms with E-state index in [0.29, 0.717) is 10.8 Å². The van der Waals surface area contributed by atoms with Crippen molar-refractivity contribution < 1.29 is 14.6 Å². The molecule has 4 heteroatoms. The molecule has 2 rings (SSSR count). The van der Waals surface area contributed by atoms with E-state index in [-0.39, 0.29) is 11.8 Å². The molecular formula is C20H23ClO3. The van der Waals surface area contributed by atoms with Gasteiger partial charge in [0.2, 0.25) is 0 Å². The molecule has 1 N–H and O–H groups in total. The monoisotopic (exact) mass is 346 g/mol. The van der Waals surface area contributed by atoms with E-state index >= 15 is 0 Å². The van der Waals surface area contributed by atoms with Crippen LogP contribution in [-0.4, -0.2) is 17.2 Å². The van der Waals surface area contributed by atoms with E-state index in [1.54, 1.807) is 6.07 Å². The Morgan fingerprint density at radius 3 is 2.46 bits per heavy atom. The summed E-state index contributed by atoms with van der Waals surface area (Å²) in [6.45, 7) is 8.14. The van der Waals surface area contributed by atoms with Crippen molar-refractivity contribution in [2.24, 2.45) is 0 Å². The number of carbonyl (C=O) groups is 1. The fraction of sp³-hybridized carbons (Fsp3) is 0.350. The molecule has 0 aliphatic heterocycles. The molecule has 2 aromatic rings. The molecule has 0 aliphatic rings. The van der Waals surface area contributed by atoms with E-state index in [0.717, 1.165) is 16.7 Å². The Labute approximate surface area is 148 Å². The Bertz CT molecular complexity index is 732. The smallest absolute Gasteiger partial charge is 0.345 e. The predicted octanol–water partition coefficient (Wildman–Crippen LogP) is 5.02. The molecule has 0 heterocycles. The van der Waals surface area contributed by atoms with E-state index in [9.17, 15) is 9.90 Å². The Kier molecular flexibility index (Phi) is 5.55. The largest absolute Gasteiger partial charge is 0.478 e. The highest BCUT2D eigenvalue weighted by Gasteiger charge is 2.24. The highest BCUT2D eigenvalue weighted by atomic mass is 35.5. The first-order valence-corrected chi connectivity index (χ1v) is 8.30. The van der Waals surface area contributed by atoms with Crippen LogP contribution in [0.1, 0.15) is 37.5 Å². The van der Waals surface area contributed by atoms with E-state index < -0.39 is 12.1 Å². The van der Waals surface area contributed by atoms with Gasteiger partial charge in [-0.1, -0.05) is 62.7 Å². The minimum atomic E-state index is -0.990. The minimum Gasteiger partial charge on any atom is -0.478 e. The number of para-hydroxylation sites is 1. The summed E-state index contributed by atoms with van der Waals surface area (Å²) in [6.07, 6.45) is -0.708. The lowest BCUT2D eigenvalue weighted by molar-refractivity contribution is -0.145. The zero-order chi connectivity index (χ0) is 17.9. The molecule has 0 aliphatic carbocycles. The average Bonchev–Trinajstić information content (AvgIpc) is 2.49. The van der Waals surface area contributed by atoms with Gasteiger partial charge in [0, 0.05) is 11.4 Å². The zero-order valence-electron chi connectivity index (χ0n) is 14.5. The topological polar surface area (TPSA) is 46.5 Å². The Morgan fingerprint density at radius 1 is 1.21 bits per heavy atom. The first-order chi connectivity index (χ1) is 11.2. The molecule has 0 aromatic heterocycles. The Hall–Kier alpha value is -2.00. The molecule has 2 aromatic carbocycles. The third-order valence-electron chi connectivity index (χ3n) is 3.90. The molecule has 0 bridgehead atoms. The van der Waals surface area contributed by atoms with Crippen molar-refractivity contribution in [1.29, 1.82) is 0 Å². The highest BCUT2D eigenvalue weighted by Crippen LogP contribution is 2.32. The van der Waals surface area contributed by atoms with Gasteiger partial charge >= 0.3 is 5.97 Å². The van der Waals surface area contributed by atoms with Gasteiger partial charge in [0.25, 0.3) is 0 Å². The number of carboxylic acids is 1. The Morgan fingerprint density at radius 2 is 1.88 bits per heavy atom. The number of carboxylic acid groups (broad SMARTS) is 1. The number of aryl methyl sites for hydroxylation is 1. The van der Waals surface area contributed by atoms with Crippen LogP contribution in [0.4, 0.5) is 0 Å². The molecule has 24 heavy (non-hydrogen) atoms. The van der Waals surface area contributed by atoms with Crippen LogP contribution >= 0.6 is 11.6 Å². The zero-order valence-corrected chi connectivity index (χ0v) is 15.2. The average molecular weight is 347 g/mol. The molecule has 0 fully saturated rings. The van der Waals surface area contributed by atoms with E-state index in [1.165, 1.54) is 0 Å². The summed E-state index contributed by atoms with van der Waals surface area (Å²) >= 11 is 6.13. The van der Waals surface area contributed by atoms with E-state index in [2.05, 4.69) is 20.8 Å². The maximum atomic E-state index is 11.7. The van der Waals surface area contributed by atoms with Crippen LogP contribution in [0.2, 0.25) is 5.02 Å². The van der Waals surface area contributed by atoms with Crippen molar-refractivity contribution in [3.63, 3.8) is 0 Å². The molecule has 128 valence electrons. The number of hydrogen-bond donors (Lipinski definition) is 1. The van der Waals surface area contributed by atoms with Crippen molar-refractivity contribution in [2.45, 2.75) is 45.6 Å². The van der Waals surface area contributed by atoms with Crippen LogP contribution in [0.25, 0.3) is 0 Å². The molecule has 0 radical (unpaired) electrons. The van der Waals surface area contributed by atoms with Crippen molar-refractivity contribution in [3.05, 3.63) is 64.2 Å². The first-order valence-electron chi connectivity index (χ1n) is 7.92. The van der Waals surface area contributed by atoms with Crippen molar-refractivity contribution in [2.75, 3.05) is 0 Å². The fourth-order valence-electron chi connectivity index (χ4n) is 2.50. The quantitative estimate of drug-likeness (QED) is 0.826.